The second-order valence-electron chi connectivity index (χ2n) is 11.5. The molecule has 0 aromatic heterocycles. The number of aliphatic hydroxyl groups is 1. The lowest BCUT2D eigenvalue weighted by Crippen LogP contribution is -2.49. The fraction of sp³-hybridized carbons (Fsp3) is 0.548. The predicted molar refractivity (Wildman–Crippen MR) is 152 cm³/mol. The van der Waals surface area contributed by atoms with Gasteiger partial charge in [0.2, 0.25) is 12.7 Å². The molecule has 9 nitrogen and oxygen atoms in total. The topological polar surface area (TPSA) is 101 Å². The van der Waals surface area contributed by atoms with Gasteiger partial charge in [0.05, 0.1) is 23.9 Å². The van der Waals surface area contributed by atoms with E-state index in [1.54, 1.807) is 17.0 Å². The molecule has 3 atom stereocenters. The third kappa shape index (κ3) is 6.20. The molecule has 2 aromatic carbocycles. The molecule has 216 valence electrons. The Bertz CT molecular complexity index is 1210. The van der Waals surface area contributed by atoms with E-state index in [1.807, 2.05) is 38.2 Å². The number of hydrogen-bond acceptors (Lipinski definition) is 7. The van der Waals surface area contributed by atoms with Gasteiger partial charge in [0.25, 0.3) is 5.91 Å². The van der Waals surface area contributed by atoms with Gasteiger partial charge in [-0.05, 0) is 56.6 Å². The molecule has 0 unspecified atom stereocenters. The molecule has 9 heteroatoms. The highest BCUT2D eigenvalue weighted by atomic mass is 16.7. The highest BCUT2D eigenvalue weighted by Crippen LogP contribution is 2.36. The number of anilines is 1. The van der Waals surface area contributed by atoms with Crippen molar-refractivity contribution < 1.29 is 28.9 Å². The molecule has 0 radical (unpaired) electrons. The van der Waals surface area contributed by atoms with Crippen molar-refractivity contribution in [1.29, 1.82) is 0 Å². The van der Waals surface area contributed by atoms with Gasteiger partial charge >= 0.3 is 0 Å². The molecular weight excluding hydrogens is 510 g/mol. The monoisotopic (exact) mass is 551 g/mol. The fourth-order valence-corrected chi connectivity index (χ4v) is 5.88. The summed E-state index contributed by atoms with van der Waals surface area (Å²) in [5, 5.41) is 13.0. The van der Waals surface area contributed by atoms with Gasteiger partial charge in [-0.1, -0.05) is 38.3 Å². The van der Waals surface area contributed by atoms with E-state index in [0.717, 1.165) is 42.7 Å². The number of carbonyl (C=O) groups is 2. The molecule has 5 rings (SSSR count). The van der Waals surface area contributed by atoms with E-state index in [9.17, 15) is 14.7 Å². The summed E-state index contributed by atoms with van der Waals surface area (Å²) in [4.78, 5) is 30.8. The first-order valence-corrected chi connectivity index (χ1v) is 14.4. The first kappa shape index (κ1) is 28.2. The summed E-state index contributed by atoms with van der Waals surface area (Å²) in [5.41, 5.74) is 2.02. The zero-order valence-electron chi connectivity index (χ0n) is 23.7. The minimum atomic E-state index is -0.353. The average Bonchev–Trinajstić information content (AvgIpc) is 3.43. The molecule has 0 saturated heterocycles. The number of nitrogens with one attached hydrogen (secondary N) is 1. The minimum absolute atomic E-state index is 0.0173. The fourth-order valence-electron chi connectivity index (χ4n) is 5.88. The maximum Gasteiger partial charge on any atom is 0.258 e. The maximum absolute atomic E-state index is 13.7. The number of nitrogens with zero attached hydrogens (tertiary/aromatic N) is 2. The van der Waals surface area contributed by atoms with Crippen LogP contribution < -0.4 is 19.5 Å². The number of ether oxygens (including phenoxy) is 3. The average molecular weight is 552 g/mol. The first-order valence-electron chi connectivity index (χ1n) is 14.4. The highest BCUT2D eigenvalue weighted by molar-refractivity contribution is 6.02. The Kier molecular flexibility index (Phi) is 8.81. The van der Waals surface area contributed by atoms with Crippen LogP contribution in [0.4, 0.5) is 5.69 Å². The van der Waals surface area contributed by atoms with Crippen LogP contribution >= 0.6 is 0 Å². The molecule has 2 heterocycles. The molecule has 3 aliphatic rings. The number of fused-ring (bicyclic) bond motifs is 2. The molecule has 0 spiro atoms. The number of amides is 2. The molecule has 2 N–H and O–H groups in total. The third-order valence-electron chi connectivity index (χ3n) is 8.31. The lowest BCUT2D eigenvalue weighted by atomic mass is 9.88. The Balaban J connectivity index is 1.40. The Labute approximate surface area is 236 Å². The van der Waals surface area contributed by atoms with Crippen LogP contribution in [-0.4, -0.2) is 72.4 Å². The van der Waals surface area contributed by atoms with Crippen LogP contribution in [0.25, 0.3) is 0 Å². The molecule has 40 heavy (non-hydrogen) atoms. The van der Waals surface area contributed by atoms with Gasteiger partial charge < -0.3 is 29.5 Å². The molecular formula is C31H41N3O6. The molecule has 2 aliphatic heterocycles. The summed E-state index contributed by atoms with van der Waals surface area (Å²) in [6, 6.07) is 10.9. The Morgan fingerprint density at radius 2 is 1.93 bits per heavy atom. The van der Waals surface area contributed by atoms with Gasteiger partial charge in [-0.2, -0.15) is 0 Å². The quantitative estimate of drug-likeness (QED) is 0.505. The van der Waals surface area contributed by atoms with Gasteiger partial charge in [-0.15, -0.1) is 0 Å². The van der Waals surface area contributed by atoms with E-state index in [2.05, 4.69) is 17.1 Å². The van der Waals surface area contributed by atoms with Crippen molar-refractivity contribution >= 4 is 17.5 Å². The summed E-state index contributed by atoms with van der Waals surface area (Å²) < 4.78 is 17.7. The standard InChI is InChI=1S/C31H41N3O6/c1-20-15-34(21(2)18-35)31(37)24-10-7-11-25(32-30(36)23-8-5-4-6-9-23)29(24)40-28(20)17-33(3)16-22-12-13-26-27(14-22)39-19-38-26/h7,10-14,20-21,23,28,35H,4-6,8-9,15-19H2,1-3H3,(H,32,36)/t20-,21-,28-/m1/s1. The van der Waals surface area contributed by atoms with E-state index >= 15 is 0 Å². The zero-order chi connectivity index (χ0) is 28.2. The van der Waals surface area contributed by atoms with E-state index < -0.39 is 0 Å². The Morgan fingerprint density at radius 1 is 1.15 bits per heavy atom. The number of likely N-dealkylation sites (N-methyl/N-ethyl adjacent to an activating group) is 1. The van der Waals surface area contributed by atoms with Gasteiger partial charge in [0.15, 0.2) is 17.2 Å². The van der Waals surface area contributed by atoms with Crippen LogP contribution in [0.15, 0.2) is 36.4 Å². The van der Waals surface area contributed by atoms with Crippen LogP contribution in [0.1, 0.15) is 61.9 Å². The van der Waals surface area contributed by atoms with E-state index in [0.29, 0.717) is 36.6 Å². The smallest absolute Gasteiger partial charge is 0.258 e. The number of benzene rings is 2. The molecule has 1 aliphatic carbocycles. The van der Waals surface area contributed by atoms with Gasteiger partial charge in [0.1, 0.15) is 6.10 Å². The molecule has 2 amide bonds. The lowest BCUT2D eigenvalue weighted by Gasteiger charge is -2.38. The van der Waals surface area contributed by atoms with E-state index in [4.69, 9.17) is 14.2 Å². The lowest BCUT2D eigenvalue weighted by molar-refractivity contribution is -0.120. The molecule has 1 saturated carbocycles. The van der Waals surface area contributed by atoms with Crippen LogP contribution in [-0.2, 0) is 11.3 Å². The summed E-state index contributed by atoms with van der Waals surface area (Å²) in [6.45, 7) is 5.73. The molecule has 1 fully saturated rings. The number of para-hydroxylation sites is 1. The number of aliphatic hydroxyl groups excluding tert-OH is 1. The number of carbonyl (C=O) groups excluding carboxylic acids is 2. The van der Waals surface area contributed by atoms with Crippen LogP contribution in [0.3, 0.4) is 0 Å². The number of hydrogen-bond donors (Lipinski definition) is 2. The van der Waals surface area contributed by atoms with E-state index in [1.165, 1.54) is 6.42 Å². The normalized spacial score (nSPS) is 21.8. The molecule has 2 aromatic rings. The van der Waals surface area contributed by atoms with Gasteiger partial charge in [-0.3, -0.25) is 14.5 Å². The van der Waals surface area contributed by atoms with Crippen molar-refractivity contribution in [2.24, 2.45) is 11.8 Å². The van der Waals surface area contributed by atoms with Crippen LogP contribution in [0.2, 0.25) is 0 Å². The SMILES string of the molecule is C[C@@H]1CN([C@H](C)CO)C(=O)c2cccc(NC(=O)C3CCCCC3)c2O[C@@H]1CN(C)Cc1ccc2c(c1)OCO2. The zero-order valence-corrected chi connectivity index (χ0v) is 23.7. The number of rotatable bonds is 8. The summed E-state index contributed by atoms with van der Waals surface area (Å²) in [6.07, 6.45) is 4.78. The summed E-state index contributed by atoms with van der Waals surface area (Å²) >= 11 is 0. The summed E-state index contributed by atoms with van der Waals surface area (Å²) in [5.74, 6) is 1.63. The minimum Gasteiger partial charge on any atom is -0.486 e. The van der Waals surface area contributed by atoms with Crippen molar-refractivity contribution in [3.63, 3.8) is 0 Å². The summed E-state index contributed by atoms with van der Waals surface area (Å²) in [7, 11) is 2.04. The van der Waals surface area contributed by atoms with Crippen LogP contribution in [0.5, 0.6) is 17.2 Å². The highest BCUT2D eigenvalue weighted by Gasteiger charge is 2.35. The Hall–Kier alpha value is -3.30. The van der Waals surface area contributed by atoms with E-state index in [-0.39, 0.29) is 49.2 Å². The second kappa shape index (κ2) is 12.5. The third-order valence-corrected chi connectivity index (χ3v) is 8.31. The van der Waals surface area contributed by atoms with Crippen LogP contribution in [0, 0.1) is 11.8 Å². The second-order valence-corrected chi connectivity index (χ2v) is 11.5. The van der Waals surface area contributed by atoms with Crippen molar-refractivity contribution in [3.05, 3.63) is 47.5 Å². The Morgan fingerprint density at radius 3 is 2.70 bits per heavy atom. The molecule has 0 bridgehead atoms. The predicted octanol–water partition coefficient (Wildman–Crippen LogP) is 4.29. The van der Waals surface area contributed by atoms with Crippen molar-refractivity contribution in [2.45, 2.75) is 64.6 Å². The maximum atomic E-state index is 13.7. The van der Waals surface area contributed by atoms with Crippen molar-refractivity contribution in [3.8, 4) is 17.2 Å². The largest absolute Gasteiger partial charge is 0.486 e. The van der Waals surface area contributed by atoms with Crippen molar-refractivity contribution in [1.82, 2.24) is 9.80 Å². The first-order chi connectivity index (χ1) is 19.3. The van der Waals surface area contributed by atoms with Gasteiger partial charge in [-0.25, -0.2) is 0 Å². The van der Waals surface area contributed by atoms with Gasteiger partial charge in [0, 0.05) is 31.5 Å². The van der Waals surface area contributed by atoms with Crippen molar-refractivity contribution in [2.75, 3.05) is 38.9 Å².